The van der Waals surface area contributed by atoms with E-state index in [2.05, 4.69) is 9.59 Å². The van der Waals surface area contributed by atoms with Gasteiger partial charge in [0, 0.05) is 19.3 Å². The molecule has 2 aromatic rings. The van der Waals surface area contributed by atoms with Crippen LogP contribution in [0, 0.1) is 6.92 Å². The number of hydrogen-bond acceptors (Lipinski definition) is 5. The van der Waals surface area contributed by atoms with E-state index in [1.165, 1.54) is 0 Å². The van der Waals surface area contributed by atoms with E-state index in [1.54, 1.807) is 18.9 Å². The van der Waals surface area contributed by atoms with Gasteiger partial charge < -0.3 is 10.6 Å². The van der Waals surface area contributed by atoms with E-state index in [9.17, 15) is 4.79 Å². The molecule has 94 valence electrons. The van der Waals surface area contributed by atoms with Gasteiger partial charge in [-0.3, -0.25) is 4.79 Å². The summed E-state index contributed by atoms with van der Waals surface area (Å²) in [4.78, 5) is 14.4. The molecule has 2 rings (SSSR count). The number of carbonyl (C=O) groups is 1. The molecule has 0 fully saturated rings. The van der Waals surface area contributed by atoms with Crippen LogP contribution >= 0.6 is 11.5 Å². The van der Waals surface area contributed by atoms with Crippen LogP contribution in [-0.4, -0.2) is 27.4 Å². The Morgan fingerprint density at radius 1 is 1.39 bits per heavy atom. The smallest absolute Gasteiger partial charge is 0.267 e. The molecule has 1 heterocycles. The number of aromatic nitrogens is 2. The normalized spacial score (nSPS) is 10.3. The summed E-state index contributed by atoms with van der Waals surface area (Å²) < 4.78 is 3.77. The van der Waals surface area contributed by atoms with Crippen LogP contribution in [0.1, 0.15) is 20.9 Å². The molecule has 0 spiro atoms. The van der Waals surface area contributed by atoms with Crippen LogP contribution < -0.4 is 5.73 Å². The van der Waals surface area contributed by atoms with Gasteiger partial charge in [-0.25, -0.2) is 0 Å². The maximum atomic E-state index is 12.1. The summed E-state index contributed by atoms with van der Waals surface area (Å²) in [6.07, 6.45) is 0. The standard InChI is InChI=1S/C12H14N4OS/c1-8-11(18-15-14-8)12(17)16(2)7-9-3-5-10(13)6-4-9/h3-6H,7,13H2,1-2H3. The minimum atomic E-state index is -0.0562. The van der Waals surface area contributed by atoms with E-state index in [4.69, 9.17) is 5.73 Å². The maximum Gasteiger partial charge on any atom is 0.267 e. The third kappa shape index (κ3) is 2.65. The van der Waals surface area contributed by atoms with Crippen molar-refractivity contribution in [3.05, 3.63) is 40.4 Å². The lowest BCUT2D eigenvalue weighted by Gasteiger charge is -2.16. The molecule has 6 heteroatoms. The Kier molecular flexibility index (Phi) is 3.57. The number of anilines is 1. The Bertz CT molecular complexity index is 549. The lowest BCUT2D eigenvalue weighted by molar-refractivity contribution is 0.0789. The summed E-state index contributed by atoms with van der Waals surface area (Å²) in [5, 5.41) is 3.84. The molecule has 0 unspecified atom stereocenters. The molecule has 1 amide bonds. The second kappa shape index (κ2) is 5.14. The summed E-state index contributed by atoms with van der Waals surface area (Å²) in [7, 11) is 1.76. The SMILES string of the molecule is Cc1nnsc1C(=O)N(C)Cc1ccc(N)cc1. The van der Waals surface area contributed by atoms with Gasteiger partial charge in [-0.15, -0.1) is 5.10 Å². The molecule has 1 aromatic heterocycles. The van der Waals surface area contributed by atoms with E-state index in [0.29, 0.717) is 17.1 Å². The van der Waals surface area contributed by atoms with Gasteiger partial charge in [0.25, 0.3) is 5.91 Å². The summed E-state index contributed by atoms with van der Waals surface area (Å²) in [6.45, 7) is 2.32. The first kappa shape index (κ1) is 12.5. The van der Waals surface area contributed by atoms with Gasteiger partial charge in [0.2, 0.25) is 0 Å². The number of aryl methyl sites for hydroxylation is 1. The number of amides is 1. The average Bonchev–Trinajstić information content (AvgIpc) is 2.77. The van der Waals surface area contributed by atoms with Crippen molar-refractivity contribution in [3.63, 3.8) is 0 Å². The fourth-order valence-electron chi connectivity index (χ4n) is 1.57. The number of carbonyl (C=O) groups excluding carboxylic acids is 1. The van der Waals surface area contributed by atoms with E-state index in [0.717, 1.165) is 22.8 Å². The molecular weight excluding hydrogens is 248 g/mol. The number of nitrogen functional groups attached to an aromatic ring is 1. The molecule has 0 saturated carbocycles. The zero-order valence-electron chi connectivity index (χ0n) is 10.3. The van der Waals surface area contributed by atoms with Gasteiger partial charge in [0.05, 0.1) is 5.69 Å². The average molecular weight is 262 g/mol. The van der Waals surface area contributed by atoms with E-state index < -0.39 is 0 Å². The van der Waals surface area contributed by atoms with Crippen molar-refractivity contribution in [3.8, 4) is 0 Å². The second-order valence-electron chi connectivity index (χ2n) is 4.09. The minimum Gasteiger partial charge on any atom is -0.399 e. The lowest BCUT2D eigenvalue weighted by Crippen LogP contribution is -2.26. The number of nitrogens with two attached hydrogens (primary N) is 1. The van der Waals surface area contributed by atoms with Gasteiger partial charge in [0.15, 0.2) is 0 Å². The van der Waals surface area contributed by atoms with Gasteiger partial charge >= 0.3 is 0 Å². The molecule has 0 saturated heterocycles. The first-order valence-electron chi connectivity index (χ1n) is 5.47. The fourth-order valence-corrected chi connectivity index (χ4v) is 2.22. The largest absolute Gasteiger partial charge is 0.399 e. The van der Waals surface area contributed by atoms with Gasteiger partial charge in [-0.1, -0.05) is 16.6 Å². The van der Waals surface area contributed by atoms with Crippen LogP contribution in [0.2, 0.25) is 0 Å². The molecular formula is C12H14N4OS. The lowest BCUT2D eigenvalue weighted by atomic mass is 10.2. The van der Waals surface area contributed by atoms with Crippen LogP contribution in [0.5, 0.6) is 0 Å². The van der Waals surface area contributed by atoms with Gasteiger partial charge in [-0.2, -0.15) is 0 Å². The topological polar surface area (TPSA) is 72.1 Å². The number of benzene rings is 1. The highest BCUT2D eigenvalue weighted by atomic mass is 32.1. The molecule has 1 aromatic carbocycles. The number of hydrogen-bond donors (Lipinski definition) is 1. The number of rotatable bonds is 3. The Balaban J connectivity index is 2.08. The fraction of sp³-hybridized carbons (Fsp3) is 0.250. The monoisotopic (exact) mass is 262 g/mol. The quantitative estimate of drug-likeness (QED) is 0.855. The van der Waals surface area contributed by atoms with Crippen molar-refractivity contribution in [2.24, 2.45) is 0 Å². The van der Waals surface area contributed by atoms with Crippen LogP contribution in [0.3, 0.4) is 0 Å². The van der Waals surface area contributed by atoms with Crippen LogP contribution in [0.4, 0.5) is 5.69 Å². The van der Waals surface area contributed by atoms with Crippen molar-refractivity contribution in [2.75, 3.05) is 12.8 Å². The summed E-state index contributed by atoms with van der Waals surface area (Å²) in [6, 6.07) is 7.48. The molecule has 18 heavy (non-hydrogen) atoms. The molecule has 0 atom stereocenters. The Morgan fingerprint density at radius 2 is 2.06 bits per heavy atom. The van der Waals surface area contributed by atoms with Crippen molar-refractivity contribution >= 4 is 23.1 Å². The van der Waals surface area contributed by atoms with Crippen LogP contribution in [0.25, 0.3) is 0 Å². The summed E-state index contributed by atoms with van der Waals surface area (Å²) in [5.41, 5.74) is 8.05. The van der Waals surface area contributed by atoms with Crippen molar-refractivity contribution < 1.29 is 4.79 Å². The minimum absolute atomic E-state index is 0.0562. The van der Waals surface area contributed by atoms with E-state index in [1.807, 2.05) is 24.3 Å². The zero-order valence-corrected chi connectivity index (χ0v) is 11.1. The molecule has 2 N–H and O–H groups in total. The Labute approximate surface area is 109 Å². The van der Waals surface area contributed by atoms with E-state index in [-0.39, 0.29) is 5.91 Å². The molecule has 0 bridgehead atoms. The van der Waals surface area contributed by atoms with Gasteiger partial charge in [-0.05, 0) is 36.2 Å². The maximum absolute atomic E-state index is 12.1. The molecule has 0 aliphatic heterocycles. The highest BCUT2D eigenvalue weighted by molar-refractivity contribution is 7.07. The summed E-state index contributed by atoms with van der Waals surface area (Å²) in [5.74, 6) is -0.0562. The third-order valence-corrected chi connectivity index (χ3v) is 3.41. The molecule has 0 aliphatic rings. The van der Waals surface area contributed by atoms with Crippen molar-refractivity contribution in [1.82, 2.24) is 14.5 Å². The van der Waals surface area contributed by atoms with Gasteiger partial charge in [0.1, 0.15) is 4.88 Å². The Hall–Kier alpha value is -1.95. The zero-order chi connectivity index (χ0) is 13.1. The second-order valence-corrected chi connectivity index (χ2v) is 4.84. The molecule has 0 aliphatic carbocycles. The van der Waals surface area contributed by atoms with Crippen LogP contribution in [-0.2, 0) is 6.54 Å². The van der Waals surface area contributed by atoms with Crippen molar-refractivity contribution in [2.45, 2.75) is 13.5 Å². The predicted octanol–water partition coefficient (Wildman–Crippen LogP) is 1.70. The van der Waals surface area contributed by atoms with Crippen LogP contribution in [0.15, 0.2) is 24.3 Å². The summed E-state index contributed by atoms with van der Waals surface area (Å²) >= 11 is 1.13. The molecule has 0 radical (unpaired) electrons. The first-order chi connectivity index (χ1) is 8.58. The van der Waals surface area contributed by atoms with Crippen molar-refractivity contribution in [1.29, 1.82) is 0 Å². The third-order valence-electron chi connectivity index (χ3n) is 2.59. The number of nitrogens with zero attached hydrogens (tertiary/aromatic N) is 3. The van der Waals surface area contributed by atoms with E-state index >= 15 is 0 Å². The molecule has 5 nitrogen and oxygen atoms in total. The Morgan fingerprint density at radius 3 is 2.61 bits per heavy atom. The highest BCUT2D eigenvalue weighted by Crippen LogP contribution is 2.14. The first-order valence-corrected chi connectivity index (χ1v) is 6.24. The highest BCUT2D eigenvalue weighted by Gasteiger charge is 2.17. The predicted molar refractivity (Wildman–Crippen MR) is 71.3 cm³/mol.